The standard InChI is InChI=1S/C70H109N7O16/c1-16-33-90-34-35-91-36-37-92-43-60(81)74-62(45(5)6)57(79)39-52(25-21-31-72-69(71)86)67(84)73-53-29-27-50(28-30-53)42-93-70(87)76(13)63(46(7)8)58(80)40-54(44(3)4)68(85)75(12)64(47(9)17-2)59(88-14)41-61(82)77-32-22-26-55(77)66(89-15)49(11)56(78)38-48(10)65(83)51-23-19-18-20-24-51/h1,18-20,23-24,27-30,44-49,52,54-55,59,62-66,83H,17,21-22,25-26,31-43H2,2-15H3,(H,73,84)(H,74,81)(H3,71,72,86)/t47?,48-,49-,52?,54-,55?,59+,62-,63-,64-,65+,66+/m0/s1. The molecule has 3 rings (SSSR count). The smallest absolute Gasteiger partial charge is 0.410 e. The van der Waals surface area contributed by atoms with Crippen molar-refractivity contribution in [2.24, 2.45) is 53.1 Å². The maximum atomic E-state index is 14.9. The lowest BCUT2D eigenvalue weighted by atomic mass is 9.83. The van der Waals surface area contributed by atoms with E-state index in [1.165, 1.54) is 19.1 Å². The molecule has 23 heteroatoms. The zero-order valence-electron chi connectivity index (χ0n) is 57.7. The minimum atomic E-state index is -0.962. The molecular formula is C70H109N7O16. The van der Waals surface area contributed by atoms with Gasteiger partial charge in [-0.25, -0.2) is 9.59 Å². The number of nitrogens with two attached hydrogens (primary N) is 1. The van der Waals surface area contributed by atoms with Crippen LogP contribution in [0.3, 0.4) is 0 Å². The second-order valence-corrected chi connectivity index (χ2v) is 25.7. The molecule has 0 spiro atoms. The number of carbonyl (C=O) groups is 9. The molecule has 520 valence electrons. The van der Waals surface area contributed by atoms with Crippen molar-refractivity contribution in [3.05, 3.63) is 65.7 Å². The molecule has 23 nitrogen and oxygen atoms in total. The number of urea groups is 1. The third-order valence-electron chi connectivity index (χ3n) is 17.7. The zero-order chi connectivity index (χ0) is 69.5. The Labute approximate surface area is 552 Å². The molecule has 0 radical (unpaired) electrons. The fraction of sp³-hybridized carbons (Fsp3) is 0.671. The number of carbonyl (C=O) groups excluding carboxylic acids is 9. The lowest BCUT2D eigenvalue weighted by Gasteiger charge is -2.41. The van der Waals surface area contributed by atoms with Crippen molar-refractivity contribution < 1.29 is 76.7 Å². The molecule has 0 aromatic heterocycles. The van der Waals surface area contributed by atoms with Crippen LogP contribution in [0, 0.1) is 59.7 Å². The number of hydrogen-bond donors (Lipinski definition) is 5. The van der Waals surface area contributed by atoms with Crippen molar-refractivity contribution in [3.8, 4) is 12.3 Å². The molecule has 0 aliphatic carbocycles. The number of amides is 7. The highest BCUT2D eigenvalue weighted by Crippen LogP contribution is 2.33. The van der Waals surface area contributed by atoms with Crippen molar-refractivity contribution in [2.75, 3.05) is 86.4 Å². The molecule has 1 aliphatic rings. The van der Waals surface area contributed by atoms with Crippen molar-refractivity contribution in [1.29, 1.82) is 0 Å². The molecule has 12 atom stereocenters. The van der Waals surface area contributed by atoms with Crippen LogP contribution in [-0.2, 0) is 68.6 Å². The fourth-order valence-electron chi connectivity index (χ4n) is 12.2. The Balaban J connectivity index is 1.68. The predicted molar refractivity (Wildman–Crippen MR) is 354 cm³/mol. The second kappa shape index (κ2) is 41.8. The molecule has 0 bridgehead atoms. The van der Waals surface area contributed by atoms with Crippen LogP contribution in [0.5, 0.6) is 0 Å². The third-order valence-corrected chi connectivity index (χ3v) is 17.7. The highest BCUT2D eigenvalue weighted by Gasteiger charge is 2.44. The number of anilines is 1. The number of aliphatic hydroxyl groups is 1. The van der Waals surface area contributed by atoms with E-state index < -0.39 is 78.1 Å². The van der Waals surface area contributed by atoms with Gasteiger partial charge in [0.05, 0.1) is 75.3 Å². The number of nitrogens with zero attached hydrogens (tertiary/aromatic N) is 3. The Morgan fingerprint density at radius 2 is 1.40 bits per heavy atom. The van der Waals surface area contributed by atoms with Crippen LogP contribution in [0.25, 0.3) is 0 Å². The van der Waals surface area contributed by atoms with Gasteiger partial charge in [-0.3, -0.25) is 33.6 Å². The van der Waals surface area contributed by atoms with Crippen LogP contribution in [0.2, 0.25) is 0 Å². The van der Waals surface area contributed by atoms with Gasteiger partial charge >= 0.3 is 12.1 Å². The van der Waals surface area contributed by atoms with Gasteiger partial charge in [-0.05, 0) is 78.5 Å². The van der Waals surface area contributed by atoms with Gasteiger partial charge < -0.3 is 69.9 Å². The largest absolute Gasteiger partial charge is 0.445 e. The summed E-state index contributed by atoms with van der Waals surface area (Å²) in [6, 6.07) is 12.2. The first kappa shape index (κ1) is 80.4. The lowest BCUT2D eigenvalue weighted by molar-refractivity contribution is -0.149. The van der Waals surface area contributed by atoms with Crippen molar-refractivity contribution in [3.63, 3.8) is 0 Å². The Bertz CT molecular complexity index is 2710. The van der Waals surface area contributed by atoms with E-state index in [-0.39, 0.29) is 136 Å². The quantitative estimate of drug-likeness (QED) is 0.0316. The van der Waals surface area contributed by atoms with E-state index in [0.717, 1.165) is 5.56 Å². The molecular weight excluding hydrogens is 1190 g/mol. The maximum absolute atomic E-state index is 14.9. The molecule has 93 heavy (non-hydrogen) atoms. The fourth-order valence-corrected chi connectivity index (χ4v) is 12.2. The topological polar surface area (TPSA) is 301 Å². The first-order valence-corrected chi connectivity index (χ1v) is 32.9. The number of ether oxygens (including phenoxy) is 6. The van der Waals surface area contributed by atoms with Gasteiger partial charge in [-0.15, -0.1) is 6.42 Å². The average Bonchev–Trinajstić information content (AvgIpc) is 1.82. The zero-order valence-corrected chi connectivity index (χ0v) is 57.7. The van der Waals surface area contributed by atoms with Gasteiger partial charge in [0.15, 0.2) is 11.6 Å². The first-order chi connectivity index (χ1) is 44.1. The Hall–Kier alpha value is -6.81. The first-order valence-electron chi connectivity index (χ1n) is 32.9. The van der Waals surface area contributed by atoms with Gasteiger partial charge in [-0.2, -0.15) is 0 Å². The molecule has 3 unspecified atom stereocenters. The predicted octanol–water partition coefficient (Wildman–Crippen LogP) is 7.55. The molecule has 6 N–H and O–H groups in total. The van der Waals surface area contributed by atoms with E-state index in [4.69, 9.17) is 40.6 Å². The summed E-state index contributed by atoms with van der Waals surface area (Å²) in [5.74, 6) is -3.60. The van der Waals surface area contributed by atoms with Crippen LogP contribution in [0.15, 0.2) is 54.6 Å². The number of aliphatic hydroxyl groups excluding tert-OH is 1. The van der Waals surface area contributed by atoms with E-state index >= 15 is 0 Å². The highest BCUT2D eigenvalue weighted by molar-refractivity contribution is 5.97. The molecule has 1 heterocycles. The minimum absolute atomic E-state index is 0.0518. The van der Waals surface area contributed by atoms with E-state index in [1.807, 2.05) is 85.7 Å². The summed E-state index contributed by atoms with van der Waals surface area (Å²) < 4.78 is 33.8. The Kier molecular flexibility index (Phi) is 36.1. The molecule has 0 saturated carbocycles. The number of terminal acetylenes is 1. The van der Waals surface area contributed by atoms with E-state index in [1.54, 1.807) is 62.1 Å². The van der Waals surface area contributed by atoms with Crippen LogP contribution >= 0.6 is 0 Å². The van der Waals surface area contributed by atoms with Crippen molar-refractivity contribution in [1.82, 2.24) is 25.3 Å². The van der Waals surface area contributed by atoms with E-state index in [9.17, 15) is 48.3 Å². The number of benzene rings is 2. The monoisotopic (exact) mass is 1300 g/mol. The van der Waals surface area contributed by atoms with Gasteiger partial charge in [-0.1, -0.05) is 124 Å². The van der Waals surface area contributed by atoms with Crippen LogP contribution in [0.1, 0.15) is 144 Å². The van der Waals surface area contributed by atoms with Gasteiger partial charge in [0, 0.05) is 84.1 Å². The van der Waals surface area contributed by atoms with Crippen molar-refractivity contribution >= 4 is 58.8 Å². The third kappa shape index (κ3) is 26.1. The van der Waals surface area contributed by atoms with E-state index in [2.05, 4.69) is 21.9 Å². The van der Waals surface area contributed by atoms with Crippen LogP contribution in [-0.4, -0.2) is 190 Å². The number of methoxy groups -OCH3 is 2. The summed E-state index contributed by atoms with van der Waals surface area (Å²) in [7, 11) is 6.24. The SMILES string of the molecule is C#CCOCCOCCOCC(=O)N[C@H](C(=O)CC(CCCNC(N)=O)C(=O)Nc1ccc(COC(=O)N(C)[C@H](C(=O)C[C@H](C(=O)N(C)[C@@H](C(C)CC)[C@@H](CC(=O)N2CCCC2[C@H](OC)[C@@H](C)C(=O)C[C@H](C)[C@@H](O)c2ccccc2)OC)C(C)C)C(C)C)cc1)C(C)C. The number of likely N-dealkylation sites (N-methyl/N-ethyl adjacent to an activating group) is 2. The van der Waals surface area contributed by atoms with Gasteiger partial charge in [0.1, 0.15) is 25.6 Å². The summed E-state index contributed by atoms with van der Waals surface area (Å²) in [5.41, 5.74) is 6.94. The Morgan fingerprint density at radius 3 is 1.98 bits per heavy atom. The molecule has 7 amide bonds. The summed E-state index contributed by atoms with van der Waals surface area (Å²) in [6.07, 6.45) is 4.42. The molecule has 2 aromatic carbocycles. The average molecular weight is 1300 g/mol. The van der Waals surface area contributed by atoms with Crippen molar-refractivity contribution in [2.45, 2.75) is 176 Å². The van der Waals surface area contributed by atoms with Gasteiger partial charge in [0.2, 0.25) is 23.6 Å². The number of ketones is 3. The number of rotatable bonds is 44. The summed E-state index contributed by atoms with van der Waals surface area (Å²) in [6.45, 7) is 19.8. The lowest BCUT2D eigenvalue weighted by Crippen LogP contribution is -2.54. The minimum Gasteiger partial charge on any atom is -0.445 e. The number of hydrogen-bond acceptors (Lipinski definition) is 16. The number of nitrogens with one attached hydrogen (secondary N) is 3. The number of primary amides is 1. The summed E-state index contributed by atoms with van der Waals surface area (Å²) in [5, 5.41) is 19.1. The summed E-state index contributed by atoms with van der Waals surface area (Å²) >= 11 is 0. The molecule has 1 fully saturated rings. The maximum Gasteiger partial charge on any atom is 0.410 e. The normalized spacial score (nSPS) is 16.7. The van der Waals surface area contributed by atoms with Crippen LogP contribution < -0.4 is 21.7 Å². The number of likely N-dealkylation sites (tertiary alicyclic amines) is 1. The molecule has 2 aromatic rings. The molecule has 1 aliphatic heterocycles. The summed E-state index contributed by atoms with van der Waals surface area (Å²) in [4.78, 5) is 128. The highest BCUT2D eigenvalue weighted by atomic mass is 16.6. The van der Waals surface area contributed by atoms with Gasteiger partial charge in [0.25, 0.3) is 0 Å². The van der Waals surface area contributed by atoms with E-state index in [0.29, 0.717) is 56.7 Å². The van der Waals surface area contributed by atoms with Crippen LogP contribution in [0.4, 0.5) is 15.3 Å². The second-order valence-electron chi connectivity index (χ2n) is 25.7. The molecule has 1 saturated heterocycles. The Morgan fingerprint density at radius 1 is 0.753 bits per heavy atom. The number of Topliss-reactive ketones (excluding diaryl/α,β-unsaturated/α-hetero) is 3.